The van der Waals surface area contributed by atoms with Gasteiger partial charge in [-0.2, -0.15) is 23.5 Å². The molecule has 2 aliphatic heterocycles. The van der Waals surface area contributed by atoms with Crippen molar-refractivity contribution in [3.63, 3.8) is 0 Å². The molecule has 2 bridgehead atoms. The van der Waals surface area contributed by atoms with Crippen LogP contribution in [-0.2, 0) is 93.1 Å². The van der Waals surface area contributed by atoms with E-state index in [0.29, 0.717) is 33.5 Å². The zero-order chi connectivity index (χ0) is 83.4. The maximum absolute atomic E-state index is 15.2. The number of aromatic amines is 1. The summed E-state index contributed by atoms with van der Waals surface area (Å²) >= 11 is 2.51. The lowest BCUT2D eigenvalue weighted by Gasteiger charge is -2.36. The summed E-state index contributed by atoms with van der Waals surface area (Å²) in [4.78, 5) is 197. The van der Waals surface area contributed by atoms with E-state index in [4.69, 9.17) is 11.5 Å². The third-order valence-electron chi connectivity index (χ3n) is 19.9. The van der Waals surface area contributed by atoms with E-state index in [0.717, 1.165) is 11.1 Å². The maximum Gasteiger partial charge on any atom is 0.246 e. The first-order valence-corrected chi connectivity index (χ1v) is 39.7. The third kappa shape index (κ3) is 25.1. The number of aromatic nitrogens is 2. The average molecular weight is 1610 g/mol. The molecule has 0 aliphatic carbocycles. The molecule has 35 heteroatoms. The highest BCUT2D eigenvalue weighted by Crippen LogP contribution is 2.27. The van der Waals surface area contributed by atoms with E-state index in [1.165, 1.54) is 125 Å². The van der Waals surface area contributed by atoms with Gasteiger partial charge in [-0.25, -0.2) is 4.98 Å². The smallest absolute Gasteiger partial charge is 0.246 e. The van der Waals surface area contributed by atoms with Gasteiger partial charge in [0.2, 0.25) is 76.8 Å². The number of aliphatic hydroxyl groups excluding tert-OH is 2. The normalized spacial score (nSPS) is 26.1. The Labute approximate surface area is 664 Å². The lowest BCUT2D eigenvalue weighted by molar-refractivity contribution is -0.143. The van der Waals surface area contributed by atoms with Crippen molar-refractivity contribution in [2.45, 2.75) is 216 Å². The summed E-state index contributed by atoms with van der Waals surface area (Å²) in [5, 5.41) is 72.8. The zero-order valence-electron chi connectivity index (χ0n) is 65.4. The van der Waals surface area contributed by atoms with E-state index in [1.807, 2.05) is 18.2 Å². The molecule has 0 radical (unpaired) electrons. The summed E-state index contributed by atoms with van der Waals surface area (Å²) in [6.07, 6.45) is -0.697. The van der Waals surface area contributed by atoms with Crippen LogP contribution in [0, 0.1) is 11.3 Å². The highest BCUT2D eigenvalue weighted by Gasteiger charge is 2.46. The van der Waals surface area contributed by atoms with Crippen molar-refractivity contribution in [1.29, 1.82) is 0 Å². The van der Waals surface area contributed by atoms with E-state index in [2.05, 4.69) is 68.5 Å². The Balaban J connectivity index is 1.25. The Hall–Kier alpha value is -10.4. The van der Waals surface area contributed by atoms with Crippen molar-refractivity contribution in [1.82, 2.24) is 73.4 Å². The molecule has 13 amide bonds. The summed E-state index contributed by atoms with van der Waals surface area (Å²) in [7, 11) is 0. The predicted octanol–water partition coefficient (Wildman–Crippen LogP) is 0.0139. The second-order valence-corrected chi connectivity index (χ2v) is 32.6. The first-order valence-electron chi connectivity index (χ1n) is 37.4. The molecule has 20 N–H and O–H groups in total. The number of primary amides is 1. The van der Waals surface area contributed by atoms with E-state index in [1.54, 1.807) is 59.0 Å². The number of benzene rings is 3. The number of aromatic hydroxyl groups is 2. The molecule has 0 spiro atoms. The van der Waals surface area contributed by atoms with Crippen LogP contribution in [0.3, 0.4) is 0 Å². The van der Waals surface area contributed by atoms with Gasteiger partial charge in [0.25, 0.3) is 0 Å². The van der Waals surface area contributed by atoms with Crippen molar-refractivity contribution in [3.05, 3.63) is 125 Å². The molecule has 0 saturated carbocycles. The molecule has 14 atom stereocenters. The van der Waals surface area contributed by atoms with Crippen LogP contribution in [0.15, 0.2) is 97.3 Å². The monoisotopic (exact) mass is 1600 g/mol. The minimum atomic E-state index is -1.95. The lowest BCUT2D eigenvalue weighted by Crippen LogP contribution is -2.67. The Morgan fingerprint density at radius 1 is 0.646 bits per heavy atom. The summed E-state index contributed by atoms with van der Waals surface area (Å²) in [5.74, 6) is -12.0. The number of thioether (sulfide) groups is 2. The molecule has 0 unspecified atom stereocenters. The highest BCUT2D eigenvalue weighted by atomic mass is 32.2. The first kappa shape index (κ1) is 89.8. The quantitative estimate of drug-likeness (QED) is 0.0696. The number of aliphatic hydroxyl groups is 2. The zero-order valence-corrected chi connectivity index (χ0v) is 67.0. The third-order valence-corrected chi connectivity index (χ3v) is 22.2. The number of nitrogens with zero attached hydrogens (tertiary/aromatic N) is 2. The van der Waals surface area contributed by atoms with Crippen molar-refractivity contribution in [2.24, 2.45) is 22.8 Å². The van der Waals surface area contributed by atoms with E-state index in [9.17, 15) is 73.2 Å². The van der Waals surface area contributed by atoms with Gasteiger partial charge in [-0.1, -0.05) is 83.1 Å². The van der Waals surface area contributed by atoms with Crippen LogP contribution in [0.1, 0.15) is 130 Å². The number of fused-ring (bicyclic) bond motifs is 4. The van der Waals surface area contributed by atoms with Crippen molar-refractivity contribution >= 4 is 111 Å². The van der Waals surface area contributed by atoms with Gasteiger partial charge >= 0.3 is 0 Å². The second-order valence-electron chi connectivity index (χ2n) is 30.6. The minimum absolute atomic E-state index is 0.00331. The molecule has 614 valence electrons. The Kier molecular flexibility index (Phi) is 32.1. The SMILES string of the molecule is CC(=O)N[C@H]1CSCc2cccc(c2)CSC[C@H](C(N)=O)NC(=O)[C@H]([C@@H](C)O)NC(=O)[C@](C)(C(C)C)NC(=O)[C@H](Cc2ccc(O)cc2)NC(=O)[C@H](C)NC(=O)[C@](C)(CCCN)NC(=O)[C@H](Cc2c[nH]c3ncccc23)NC(=O)[C@H]([C@@H](C)O)NC(=O)[C@@H]2CCCN2C(=O)[C@H](Cc2ccc(O)cc2)NC(=O)[C@H](C(C)(C)C)NC1=O. The summed E-state index contributed by atoms with van der Waals surface area (Å²) in [6.45, 7) is 15.9. The number of amides is 13. The summed E-state index contributed by atoms with van der Waals surface area (Å²) < 4.78 is 0. The molecule has 1 fully saturated rings. The standard InChI is InChI=1S/C78H108N16O17S2/c1-41(2)78(11)75(111)90-61(44(5)96)71(107)88-57(63(80)100)39-112-37-48-16-12-17-49(32-48)38-113-40-58(84-45(6)97)66(102)91-62(76(7,8)9)72(108)87-56(34-47-22-26-52(99)27-23-47)73(109)94-31-14-19-59(94)69(105)89-60(43(4)95)70(106)86-55(35-50-36-82-64-53(50)18-13-30-81-64)67(103)92-77(10,28-15-29-79)74(110)83-42(3)65(101)85-54(68(104)93-78)33-46-20-24-51(98)25-21-46/h12-13,16-18,20-27,30,32,36,41-44,54-62,95-96,98-99H,14-15,19,28-29,31,33-35,37-40,79H2,1-11H3,(H2,80,100)(H,81,82)(H,83,110)(H,84,97)(H,85,101)(H,86,106)(H,87,108)(H,88,107)(H,89,105)(H,90,111)(H,91,102)(H,92,103)(H,93,104)/t42-,43+,44+,54-,55-,56-,57+,58-,59-,60-,61-,62+,77-,78-/m0/s1. The number of hydrogen-bond donors (Lipinski definition) is 18. The van der Waals surface area contributed by atoms with Gasteiger partial charge in [-0.3, -0.25) is 62.3 Å². The van der Waals surface area contributed by atoms with Gasteiger partial charge in [0.15, 0.2) is 0 Å². The van der Waals surface area contributed by atoms with Crippen LogP contribution in [0.4, 0.5) is 0 Å². The molecule has 2 aliphatic rings. The number of phenolic OH excluding ortho intramolecular Hbond substituents is 2. The molecule has 4 heterocycles. The van der Waals surface area contributed by atoms with E-state index in [-0.39, 0.29) is 86.8 Å². The van der Waals surface area contributed by atoms with E-state index >= 15 is 9.59 Å². The number of phenols is 2. The largest absolute Gasteiger partial charge is 0.508 e. The fourth-order valence-electron chi connectivity index (χ4n) is 12.9. The predicted molar refractivity (Wildman–Crippen MR) is 424 cm³/mol. The molecule has 2 aromatic heterocycles. The number of carbonyl (C=O) groups excluding carboxylic acids is 13. The van der Waals surface area contributed by atoms with Crippen LogP contribution in [0.5, 0.6) is 11.5 Å². The van der Waals surface area contributed by atoms with Crippen molar-refractivity contribution in [3.8, 4) is 11.5 Å². The molecule has 5 aromatic rings. The Bertz CT molecular complexity index is 4240. The highest BCUT2D eigenvalue weighted by molar-refractivity contribution is 7.98. The van der Waals surface area contributed by atoms with Crippen molar-refractivity contribution in [2.75, 3.05) is 24.6 Å². The number of H-pyrrole nitrogens is 1. The maximum atomic E-state index is 15.2. The van der Waals surface area contributed by atoms with Gasteiger partial charge in [0.1, 0.15) is 88.6 Å². The second kappa shape index (κ2) is 40.4. The number of rotatable bonds is 14. The number of pyridine rings is 1. The van der Waals surface area contributed by atoms with Gasteiger partial charge in [0, 0.05) is 73.5 Å². The molecule has 33 nitrogen and oxygen atoms in total. The minimum Gasteiger partial charge on any atom is -0.508 e. The van der Waals surface area contributed by atoms with Crippen molar-refractivity contribution < 1.29 is 82.8 Å². The lowest BCUT2D eigenvalue weighted by atomic mass is 9.85. The Morgan fingerprint density at radius 2 is 1.20 bits per heavy atom. The van der Waals surface area contributed by atoms with Crippen LogP contribution in [0.25, 0.3) is 11.0 Å². The fraction of sp³-hybridized carbons (Fsp3) is 0.513. The number of nitrogens with two attached hydrogens (primary N) is 2. The Morgan fingerprint density at radius 3 is 1.78 bits per heavy atom. The van der Waals surface area contributed by atoms with E-state index < -0.39 is 172 Å². The molecular formula is C78H108N16O17S2. The van der Waals surface area contributed by atoms with Gasteiger partial charge in [-0.15, -0.1) is 0 Å². The number of hydrogen-bond acceptors (Lipinski definition) is 21. The first-order chi connectivity index (χ1) is 53.2. The molecule has 7 rings (SSSR count). The molecular weight excluding hydrogens is 1500 g/mol. The molecule has 3 aromatic carbocycles. The fourth-order valence-corrected chi connectivity index (χ4v) is 14.9. The van der Waals surface area contributed by atoms with Crippen LogP contribution >= 0.6 is 23.5 Å². The molecule has 113 heavy (non-hydrogen) atoms. The van der Waals surface area contributed by atoms with Crippen LogP contribution < -0.4 is 70.0 Å². The van der Waals surface area contributed by atoms with Crippen LogP contribution in [-0.4, -0.2) is 220 Å². The van der Waals surface area contributed by atoms with Gasteiger partial charge in [0.05, 0.1) is 12.2 Å². The van der Waals surface area contributed by atoms with Gasteiger partial charge < -0.3 is 100 Å². The van der Waals surface area contributed by atoms with Gasteiger partial charge in [-0.05, 0) is 142 Å². The number of nitrogens with one attached hydrogen (secondary N) is 12. The number of carbonyl (C=O) groups is 13. The molecule has 1 saturated heterocycles. The topological polar surface area (TPSA) is 519 Å². The van der Waals surface area contributed by atoms with Crippen LogP contribution in [0.2, 0.25) is 0 Å². The summed E-state index contributed by atoms with van der Waals surface area (Å²) in [5.41, 5.74) is 10.2. The summed E-state index contributed by atoms with van der Waals surface area (Å²) in [6, 6.07) is 7.30. The average Bonchev–Trinajstić information content (AvgIpc) is 1.16.